The van der Waals surface area contributed by atoms with E-state index in [2.05, 4.69) is 15.0 Å². The number of aliphatic hydroxyl groups is 2. The molecule has 8 nitrogen and oxygen atoms in total. The fourth-order valence-electron chi connectivity index (χ4n) is 2.50. The molecule has 1 heterocycles. The largest absolute Gasteiger partial charge is 0.394 e. The minimum absolute atomic E-state index is 0.0541. The molecular formula is C18H19N3O5S2. The first kappa shape index (κ1) is 20.4. The van der Waals surface area contributed by atoms with Crippen LogP contribution in [0.1, 0.15) is 6.92 Å². The number of benzene rings is 2. The third-order valence-electron chi connectivity index (χ3n) is 3.87. The van der Waals surface area contributed by atoms with Gasteiger partial charge >= 0.3 is 0 Å². The lowest BCUT2D eigenvalue weighted by atomic mass is 10.1. The SMILES string of the molecule is CC(=O)Nc1nc2ccc(-c3cccc(S(=O)(=O)NCC(O)CO)c3)cc2s1. The monoisotopic (exact) mass is 421 g/mol. The van der Waals surface area contributed by atoms with Crippen molar-refractivity contribution in [2.75, 3.05) is 18.5 Å². The first-order chi connectivity index (χ1) is 13.3. The number of nitrogens with one attached hydrogen (secondary N) is 2. The molecule has 1 atom stereocenters. The summed E-state index contributed by atoms with van der Waals surface area (Å²) in [6.45, 7) is 0.608. The molecule has 0 aliphatic carbocycles. The van der Waals surface area contributed by atoms with Gasteiger partial charge in [0.1, 0.15) is 0 Å². The molecule has 0 fully saturated rings. The van der Waals surface area contributed by atoms with Crippen LogP contribution in [0.15, 0.2) is 47.4 Å². The molecule has 28 heavy (non-hydrogen) atoms. The summed E-state index contributed by atoms with van der Waals surface area (Å²) in [6.07, 6.45) is -1.16. The molecule has 0 bridgehead atoms. The average Bonchev–Trinajstić information content (AvgIpc) is 3.06. The number of sulfonamides is 1. The van der Waals surface area contributed by atoms with E-state index in [0.29, 0.717) is 10.7 Å². The minimum atomic E-state index is -3.83. The van der Waals surface area contributed by atoms with E-state index in [1.807, 2.05) is 18.2 Å². The van der Waals surface area contributed by atoms with Gasteiger partial charge in [-0.1, -0.05) is 29.5 Å². The lowest BCUT2D eigenvalue weighted by molar-refractivity contribution is -0.114. The van der Waals surface area contributed by atoms with E-state index in [0.717, 1.165) is 15.8 Å². The summed E-state index contributed by atoms with van der Waals surface area (Å²) in [6, 6.07) is 11.9. The highest BCUT2D eigenvalue weighted by molar-refractivity contribution is 7.89. The molecule has 1 unspecified atom stereocenters. The predicted molar refractivity (Wildman–Crippen MR) is 108 cm³/mol. The van der Waals surface area contributed by atoms with Gasteiger partial charge < -0.3 is 15.5 Å². The molecule has 0 aliphatic rings. The number of hydrogen-bond acceptors (Lipinski definition) is 7. The van der Waals surface area contributed by atoms with Crippen molar-refractivity contribution >= 4 is 42.6 Å². The Labute approximate surface area is 165 Å². The minimum Gasteiger partial charge on any atom is -0.394 e. The third kappa shape index (κ3) is 4.72. The van der Waals surface area contributed by atoms with Crippen LogP contribution in [0.5, 0.6) is 0 Å². The van der Waals surface area contributed by atoms with E-state index in [1.165, 1.54) is 30.4 Å². The van der Waals surface area contributed by atoms with Crippen LogP contribution in [0.25, 0.3) is 21.3 Å². The summed E-state index contributed by atoms with van der Waals surface area (Å²) in [4.78, 5) is 15.6. The van der Waals surface area contributed by atoms with Crippen molar-refractivity contribution in [1.82, 2.24) is 9.71 Å². The van der Waals surface area contributed by atoms with Crippen LogP contribution in [0.4, 0.5) is 5.13 Å². The van der Waals surface area contributed by atoms with Crippen molar-refractivity contribution < 1.29 is 23.4 Å². The molecule has 148 valence electrons. The number of carbonyl (C=O) groups excluding carboxylic acids is 1. The first-order valence-corrected chi connectivity index (χ1v) is 10.7. The summed E-state index contributed by atoms with van der Waals surface area (Å²) in [5, 5.41) is 21.3. The molecule has 0 saturated carbocycles. The molecule has 2 aromatic carbocycles. The van der Waals surface area contributed by atoms with Crippen molar-refractivity contribution in [3.8, 4) is 11.1 Å². The zero-order valence-electron chi connectivity index (χ0n) is 14.9. The van der Waals surface area contributed by atoms with Crippen LogP contribution in [0.2, 0.25) is 0 Å². The number of aromatic nitrogens is 1. The summed E-state index contributed by atoms with van der Waals surface area (Å²) in [7, 11) is -3.83. The zero-order chi connectivity index (χ0) is 20.3. The standard InChI is InChI=1S/C18H19N3O5S2/c1-11(23)20-18-21-16-6-5-13(8-17(16)27-18)12-3-2-4-15(7-12)28(25,26)19-9-14(24)10-22/h2-8,14,19,22,24H,9-10H2,1H3,(H,20,21,23). The van der Waals surface area contributed by atoms with Crippen molar-refractivity contribution in [3.63, 3.8) is 0 Å². The van der Waals surface area contributed by atoms with Gasteiger partial charge in [-0.15, -0.1) is 0 Å². The normalized spacial score (nSPS) is 12.8. The second kappa shape index (κ2) is 8.33. The number of aliphatic hydroxyl groups excluding tert-OH is 2. The Morgan fingerprint density at radius 2 is 1.96 bits per heavy atom. The molecular weight excluding hydrogens is 402 g/mol. The van der Waals surface area contributed by atoms with Gasteiger partial charge in [0.05, 0.1) is 27.8 Å². The molecule has 0 radical (unpaired) electrons. The fourth-order valence-corrected chi connectivity index (χ4v) is 4.57. The smallest absolute Gasteiger partial charge is 0.240 e. The number of carbonyl (C=O) groups is 1. The maximum atomic E-state index is 12.4. The Bertz CT molecular complexity index is 1110. The molecule has 10 heteroatoms. The Kier molecular flexibility index (Phi) is 6.06. The van der Waals surface area contributed by atoms with Gasteiger partial charge in [-0.3, -0.25) is 4.79 Å². The van der Waals surface area contributed by atoms with Crippen molar-refractivity contribution in [2.24, 2.45) is 0 Å². The van der Waals surface area contributed by atoms with Crippen molar-refractivity contribution in [2.45, 2.75) is 17.9 Å². The van der Waals surface area contributed by atoms with Crippen LogP contribution in [0.3, 0.4) is 0 Å². The van der Waals surface area contributed by atoms with Crippen molar-refractivity contribution in [3.05, 3.63) is 42.5 Å². The maximum absolute atomic E-state index is 12.4. The first-order valence-electron chi connectivity index (χ1n) is 8.36. The molecule has 4 N–H and O–H groups in total. The van der Waals surface area contributed by atoms with E-state index in [-0.39, 0.29) is 17.3 Å². The van der Waals surface area contributed by atoms with Crippen molar-refractivity contribution in [1.29, 1.82) is 0 Å². The molecule has 0 aliphatic heterocycles. The van der Waals surface area contributed by atoms with Crippen LogP contribution in [-0.2, 0) is 14.8 Å². The van der Waals surface area contributed by atoms with E-state index in [4.69, 9.17) is 5.11 Å². The van der Waals surface area contributed by atoms with Gasteiger partial charge in [0, 0.05) is 13.5 Å². The quantitative estimate of drug-likeness (QED) is 0.458. The summed E-state index contributed by atoms with van der Waals surface area (Å²) in [5.74, 6) is -0.198. The van der Waals surface area contributed by atoms with E-state index < -0.39 is 22.7 Å². The number of anilines is 1. The predicted octanol–water partition coefficient (Wildman–Crippen LogP) is 1.55. The average molecular weight is 422 g/mol. The van der Waals surface area contributed by atoms with Gasteiger partial charge in [0.25, 0.3) is 0 Å². The number of fused-ring (bicyclic) bond motifs is 1. The van der Waals surface area contributed by atoms with E-state index in [1.54, 1.807) is 12.1 Å². The fraction of sp³-hybridized carbons (Fsp3) is 0.222. The molecule has 1 amide bonds. The van der Waals surface area contributed by atoms with E-state index in [9.17, 15) is 18.3 Å². The number of thiazole rings is 1. The van der Waals surface area contributed by atoms with Crippen LogP contribution in [0, 0.1) is 0 Å². The van der Waals surface area contributed by atoms with Gasteiger partial charge in [-0.05, 0) is 35.4 Å². The number of nitrogens with zero attached hydrogens (tertiary/aromatic N) is 1. The highest BCUT2D eigenvalue weighted by Gasteiger charge is 2.16. The molecule has 0 spiro atoms. The Hall–Kier alpha value is -2.37. The molecule has 3 aromatic rings. The third-order valence-corrected chi connectivity index (χ3v) is 6.22. The lowest BCUT2D eigenvalue weighted by Gasteiger charge is -2.11. The highest BCUT2D eigenvalue weighted by Crippen LogP contribution is 2.31. The lowest BCUT2D eigenvalue weighted by Crippen LogP contribution is -2.33. The number of rotatable bonds is 7. The molecule has 1 aromatic heterocycles. The topological polar surface area (TPSA) is 129 Å². The zero-order valence-corrected chi connectivity index (χ0v) is 16.5. The van der Waals surface area contributed by atoms with Gasteiger partial charge in [0.2, 0.25) is 15.9 Å². The van der Waals surface area contributed by atoms with Crippen LogP contribution in [-0.4, -0.2) is 48.8 Å². The Morgan fingerprint density at radius 1 is 1.21 bits per heavy atom. The number of amides is 1. The summed E-state index contributed by atoms with van der Waals surface area (Å²) in [5.41, 5.74) is 2.24. The second-order valence-electron chi connectivity index (χ2n) is 6.10. The van der Waals surface area contributed by atoms with Gasteiger partial charge in [-0.25, -0.2) is 18.1 Å². The van der Waals surface area contributed by atoms with E-state index >= 15 is 0 Å². The summed E-state index contributed by atoms with van der Waals surface area (Å²) >= 11 is 1.33. The van der Waals surface area contributed by atoms with Gasteiger partial charge in [0.15, 0.2) is 5.13 Å². The summed E-state index contributed by atoms with van der Waals surface area (Å²) < 4.78 is 27.9. The second-order valence-corrected chi connectivity index (χ2v) is 8.90. The maximum Gasteiger partial charge on any atom is 0.240 e. The van der Waals surface area contributed by atoms with Crippen LogP contribution >= 0.6 is 11.3 Å². The van der Waals surface area contributed by atoms with Gasteiger partial charge in [-0.2, -0.15) is 0 Å². The molecule has 0 saturated heterocycles. The van der Waals surface area contributed by atoms with Crippen LogP contribution < -0.4 is 10.0 Å². The molecule has 3 rings (SSSR count). The Balaban J connectivity index is 1.90. The highest BCUT2D eigenvalue weighted by atomic mass is 32.2. The Morgan fingerprint density at radius 3 is 2.68 bits per heavy atom. The number of hydrogen-bond donors (Lipinski definition) is 4.